The zero-order chi connectivity index (χ0) is 13.0. The molecule has 1 aliphatic rings. The summed E-state index contributed by atoms with van der Waals surface area (Å²) >= 11 is 0. The molecule has 3 heteroatoms. The van der Waals surface area contributed by atoms with E-state index in [4.69, 9.17) is 5.73 Å². The van der Waals surface area contributed by atoms with Gasteiger partial charge in [0.2, 0.25) is 5.91 Å². The minimum absolute atomic E-state index is 0.0364. The zero-order valence-electron chi connectivity index (χ0n) is 11.0. The Hall–Kier alpha value is -1.35. The molecule has 1 amide bonds. The lowest BCUT2D eigenvalue weighted by molar-refractivity contribution is -0.130. The summed E-state index contributed by atoms with van der Waals surface area (Å²) < 4.78 is 0. The molecule has 2 N–H and O–H groups in total. The molecule has 0 aromatic heterocycles. The molecule has 3 nitrogen and oxygen atoms in total. The summed E-state index contributed by atoms with van der Waals surface area (Å²) in [5.74, 6) is 0.810. The molecule has 2 atom stereocenters. The van der Waals surface area contributed by atoms with E-state index in [9.17, 15) is 4.79 Å². The lowest BCUT2D eigenvalue weighted by Gasteiger charge is -2.17. The highest BCUT2D eigenvalue weighted by molar-refractivity contribution is 5.77. The molecule has 1 fully saturated rings. The van der Waals surface area contributed by atoms with E-state index in [1.807, 2.05) is 17.9 Å². The maximum Gasteiger partial charge on any atom is 0.224 e. The highest BCUT2D eigenvalue weighted by atomic mass is 16.2. The summed E-state index contributed by atoms with van der Waals surface area (Å²) in [7, 11) is 0. The summed E-state index contributed by atoms with van der Waals surface area (Å²) in [4.78, 5) is 13.9. The first-order chi connectivity index (χ1) is 8.65. The fraction of sp³-hybridized carbons (Fsp3) is 0.533. The molecule has 1 heterocycles. The van der Waals surface area contributed by atoms with Crippen LogP contribution < -0.4 is 5.73 Å². The van der Waals surface area contributed by atoms with Crippen molar-refractivity contribution in [2.45, 2.75) is 32.2 Å². The molecular formula is C15H22N2O. The van der Waals surface area contributed by atoms with Crippen molar-refractivity contribution in [1.29, 1.82) is 0 Å². The Morgan fingerprint density at radius 1 is 1.44 bits per heavy atom. The van der Waals surface area contributed by atoms with Gasteiger partial charge in [-0.05, 0) is 31.2 Å². The van der Waals surface area contributed by atoms with Gasteiger partial charge in [0, 0.05) is 25.6 Å². The normalized spacial score (nSPS) is 21.0. The average Bonchev–Trinajstić information content (AvgIpc) is 2.78. The molecule has 0 bridgehead atoms. The maximum absolute atomic E-state index is 11.9. The Labute approximate surface area is 109 Å². The number of rotatable bonds is 4. The van der Waals surface area contributed by atoms with Crippen LogP contribution in [-0.2, 0) is 11.2 Å². The van der Waals surface area contributed by atoms with Gasteiger partial charge in [-0.15, -0.1) is 0 Å². The molecule has 2 rings (SSSR count). The molecule has 0 saturated carbocycles. The van der Waals surface area contributed by atoms with Crippen LogP contribution in [0.2, 0.25) is 0 Å². The van der Waals surface area contributed by atoms with Gasteiger partial charge in [0.1, 0.15) is 0 Å². The number of carbonyl (C=O) groups excluding carboxylic acids is 1. The van der Waals surface area contributed by atoms with Crippen LogP contribution in [0.3, 0.4) is 0 Å². The van der Waals surface area contributed by atoms with E-state index in [0.29, 0.717) is 12.3 Å². The number of carbonyl (C=O) groups is 1. The van der Waals surface area contributed by atoms with Gasteiger partial charge in [0.25, 0.3) is 0 Å². The van der Waals surface area contributed by atoms with Crippen molar-refractivity contribution in [2.24, 2.45) is 11.7 Å². The van der Waals surface area contributed by atoms with Crippen LogP contribution in [0.15, 0.2) is 30.3 Å². The summed E-state index contributed by atoms with van der Waals surface area (Å²) in [5.41, 5.74) is 7.04. The fourth-order valence-corrected chi connectivity index (χ4v) is 2.58. The number of hydrogen-bond donors (Lipinski definition) is 1. The minimum Gasteiger partial charge on any atom is -0.342 e. The van der Waals surface area contributed by atoms with Crippen LogP contribution in [-0.4, -0.2) is 29.9 Å². The smallest absolute Gasteiger partial charge is 0.224 e. The van der Waals surface area contributed by atoms with E-state index in [0.717, 1.165) is 25.9 Å². The lowest BCUT2D eigenvalue weighted by Crippen LogP contribution is -2.33. The standard InChI is InChI=1S/C15H22N2O/c1-12(16)9-15(18)17-8-7-14(11-17)10-13-5-3-2-4-6-13/h2-6,12,14H,7-11,16H2,1H3. The van der Waals surface area contributed by atoms with E-state index >= 15 is 0 Å². The number of hydrogen-bond acceptors (Lipinski definition) is 2. The molecule has 0 radical (unpaired) electrons. The second-order valence-corrected chi connectivity index (χ2v) is 5.37. The molecule has 98 valence electrons. The third-order valence-electron chi connectivity index (χ3n) is 3.50. The number of amides is 1. The topological polar surface area (TPSA) is 46.3 Å². The Morgan fingerprint density at radius 2 is 2.17 bits per heavy atom. The van der Waals surface area contributed by atoms with Gasteiger partial charge in [-0.25, -0.2) is 0 Å². The number of nitrogens with zero attached hydrogens (tertiary/aromatic N) is 1. The van der Waals surface area contributed by atoms with Gasteiger partial charge in [-0.3, -0.25) is 4.79 Å². The summed E-state index contributed by atoms with van der Waals surface area (Å²) in [6.07, 6.45) is 2.65. The van der Waals surface area contributed by atoms with Crippen LogP contribution >= 0.6 is 0 Å². The van der Waals surface area contributed by atoms with E-state index in [1.54, 1.807) is 0 Å². The first kappa shape index (κ1) is 13.1. The van der Waals surface area contributed by atoms with Crippen LogP contribution in [0.1, 0.15) is 25.3 Å². The molecule has 1 aliphatic heterocycles. The third-order valence-corrected chi connectivity index (χ3v) is 3.50. The maximum atomic E-state index is 11.9. The summed E-state index contributed by atoms with van der Waals surface area (Å²) in [6.45, 7) is 3.67. The second kappa shape index (κ2) is 6.01. The van der Waals surface area contributed by atoms with Crippen molar-refractivity contribution in [3.63, 3.8) is 0 Å². The van der Waals surface area contributed by atoms with Gasteiger partial charge in [0.05, 0.1) is 0 Å². The molecule has 1 saturated heterocycles. The Bertz CT molecular complexity index is 389. The van der Waals surface area contributed by atoms with E-state index in [2.05, 4.69) is 24.3 Å². The highest BCUT2D eigenvalue weighted by Crippen LogP contribution is 2.21. The molecule has 18 heavy (non-hydrogen) atoms. The minimum atomic E-state index is -0.0364. The van der Waals surface area contributed by atoms with Crippen LogP contribution in [0.25, 0.3) is 0 Å². The van der Waals surface area contributed by atoms with Crippen LogP contribution in [0.5, 0.6) is 0 Å². The number of nitrogens with two attached hydrogens (primary N) is 1. The van der Waals surface area contributed by atoms with Crippen molar-refractivity contribution < 1.29 is 4.79 Å². The highest BCUT2D eigenvalue weighted by Gasteiger charge is 2.26. The van der Waals surface area contributed by atoms with Gasteiger partial charge >= 0.3 is 0 Å². The predicted octanol–water partition coefficient (Wildman–Crippen LogP) is 1.81. The fourth-order valence-electron chi connectivity index (χ4n) is 2.58. The molecule has 0 spiro atoms. The van der Waals surface area contributed by atoms with Crippen molar-refractivity contribution >= 4 is 5.91 Å². The molecule has 1 aromatic carbocycles. The van der Waals surface area contributed by atoms with E-state index in [-0.39, 0.29) is 11.9 Å². The van der Waals surface area contributed by atoms with Gasteiger partial charge < -0.3 is 10.6 Å². The number of likely N-dealkylation sites (tertiary alicyclic amines) is 1. The second-order valence-electron chi connectivity index (χ2n) is 5.37. The SMILES string of the molecule is CC(N)CC(=O)N1CCC(Cc2ccccc2)C1. The number of benzene rings is 1. The Morgan fingerprint density at radius 3 is 2.83 bits per heavy atom. The molecular weight excluding hydrogens is 224 g/mol. The molecule has 1 aromatic rings. The average molecular weight is 246 g/mol. The first-order valence-corrected chi connectivity index (χ1v) is 6.72. The quantitative estimate of drug-likeness (QED) is 0.880. The van der Waals surface area contributed by atoms with Crippen LogP contribution in [0.4, 0.5) is 0 Å². The van der Waals surface area contributed by atoms with Crippen LogP contribution in [0, 0.1) is 5.92 Å². The van der Waals surface area contributed by atoms with E-state index < -0.39 is 0 Å². The van der Waals surface area contributed by atoms with Gasteiger partial charge in [0.15, 0.2) is 0 Å². The predicted molar refractivity (Wildman–Crippen MR) is 73.1 cm³/mol. The summed E-state index contributed by atoms with van der Waals surface area (Å²) in [6, 6.07) is 10.5. The monoisotopic (exact) mass is 246 g/mol. The van der Waals surface area contributed by atoms with Crippen molar-refractivity contribution in [3.05, 3.63) is 35.9 Å². The van der Waals surface area contributed by atoms with Gasteiger partial charge in [-0.2, -0.15) is 0 Å². The van der Waals surface area contributed by atoms with Gasteiger partial charge in [-0.1, -0.05) is 30.3 Å². The van der Waals surface area contributed by atoms with Crippen molar-refractivity contribution in [1.82, 2.24) is 4.90 Å². The zero-order valence-corrected chi connectivity index (χ0v) is 11.0. The Balaban J connectivity index is 1.83. The lowest BCUT2D eigenvalue weighted by atomic mass is 9.99. The molecule has 2 unspecified atom stereocenters. The third kappa shape index (κ3) is 3.57. The van der Waals surface area contributed by atoms with Crippen molar-refractivity contribution in [3.8, 4) is 0 Å². The molecule has 0 aliphatic carbocycles. The summed E-state index contributed by atoms with van der Waals surface area (Å²) in [5, 5.41) is 0. The van der Waals surface area contributed by atoms with E-state index in [1.165, 1.54) is 5.56 Å². The van der Waals surface area contributed by atoms with Crippen molar-refractivity contribution in [2.75, 3.05) is 13.1 Å². The first-order valence-electron chi connectivity index (χ1n) is 6.72. The Kier molecular flexibility index (Phi) is 4.37. The largest absolute Gasteiger partial charge is 0.342 e.